The predicted octanol–water partition coefficient (Wildman–Crippen LogP) is 0.901. The first kappa shape index (κ1) is 10.5. The van der Waals surface area contributed by atoms with Crippen LogP contribution in [0.15, 0.2) is 30.3 Å². The number of aliphatic hydroxyl groups excluding tert-OH is 1. The van der Waals surface area contributed by atoms with Gasteiger partial charge in [-0.3, -0.25) is 0 Å². The largest absolute Gasteiger partial charge is 0.478 e. The fourth-order valence-electron chi connectivity index (χ4n) is 0.892. The molecule has 0 radical (unpaired) electrons. The number of carboxylic acids is 1. The standard InChI is InChI=1S/C10H12O4/c1-10(7-11,9(12)13)14-8-5-3-2-4-6-8/h2-6,11H,7H2,1H3,(H,12,13). The molecule has 0 heterocycles. The van der Waals surface area contributed by atoms with Crippen molar-refractivity contribution in [1.29, 1.82) is 0 Å². The summed E-state index contributed by atoms with van der Waals surface area (Å²) in [6.45, 7) is 0.750. The van der Waals surface area contributed by atoms with E-state index in [-0.39, 0.29) is 0 Å². The van der Waals surface area contributed by atoms with E-state index in [1.165, 1.54) is 6.92 Å². The molecule has 0 amide bonds. The minimum absolute atomic E-state index is 0.423. The molecule has 0 saturated heterocycles. The van der Waals surface area contributed by atoms with Crippen molar-refractivity contribution >= 4 is 5.97 Å². The van der Waals surface area contributed by atoms with Crippen molar-refractivity contribution in [2.75, 3.05) is 6.61 Å². The van der Waals surface area contributed by atoms with Crippen LogP contribution < -0.4 is 4.74 Å². The molecule has 1 aromatic carbocycles. The van der Waals surface area contributed by atoms with Gasteiger partial charge in [0.05, 0.1) is 6.61 Å². The van der Waals surface area contributed by atoms with Gasteiger partial charge in [0, 0.05) is 0 Å². The number of hydrogen-bond acceptors (Lipinski definition) is 3. The molecule has 0 aliphatic rings. The summed E-state index contributed by atoms with van der Waals surface area (Å²) < 4.78 is 5.16. The van der Waals surface area contributed by atoms with E-state index in [4.69, 9.17) is 14.9 Å². The van der Waals surface area contributed by atoms with E-state index in [0.29, 0.717) is 5.75 Å². The second-order valence-corrected chi connectivity index (χ2v) is 3.11. The quantitative estimate of drug-likeness (QED) is 0.750. The number of aliphatic carboxylic acids is 1. The Hall–Kier alpha value is -1.55. The molecule has 4 nitrogen and oxygen atoms in total. The first-order valence-electron chi connectivity index (χ1n) is 4.17. The van der Waals surface area contributed by atoms with Gasteiger partial charge in [-0.15, -0.1) is 0 Å². The molecule has 0 saturated carbocycles. The summed E-state index contributed by atoms with van der Waals surface area (Å²) in [6, 6.07) is 8.53. The average Bonchev–Trinajstić information content (AvgIpc) is 2.19. The van der Waals surface area contributed by atoms with Gasteiger partial charge in [-0.2, -0.15) is 0 Å². The lowest BCUT2D eigenvalue weighted by Crippen LogP contribution is -2.45. The maximum Gasteiger partial charge on any atom is 0.350 e. The van der Waals surface area contributed by atoms with Gasteiger partial charge in [-0.05, 0) is 19.1 Å². The highest BCUT2D eigenvalue weighted by atomic mass is 16.5. The smallest absolute Gasteiger partial charge is 0.350 e. The van der Waals surface area contributed by atoms with Gasteiger partial charge in [-0.1, -0.05) is 18.2 Å². The number of aliphatic hydroxyl groups is 1. The molecule has 14 heavy (non-hydrogen) atoms. The minimum Gasteiger partial charge on any atom is -0.478 e. The van der Waals surface area contributed by atoms with E-state index < -0.39 is 18.2 Å². The van der Waals surface area contributed by atoms with Crippen molar-refractivity contribution in [2.24, 2.45) is 0 Å². The van der Waals surface area contributed by atoms with E-state index in [1.54, 1.807) is 30.3 Å². The Balaban J connectivity index is 2.81. The summed E-state index contributed by atoms with van der Waals surface area (Å²) in [4.78, 5) is 10.8. The molecule has 0 aromatic heterocycles. The number of ether oxygens (including phenoxy) is 1. The SMILES string of the molecule is CC(CO)(Oc1ccccc1)C(=O)O. The van der Waals surface area contributed by atoms with Gasteiger partial charge in [0.1, 0.15) is 5.75 Å². The third-order valence-corrected chi connectivity index (χ3v) is 1.84. The summed E-state index contributed by atoms with van der Waals surface area (Å²) in [5.41, 5.74) is -1.58. The Morgan fingerprint density at radius 3 is 2.43 bits per heavy atom. The monoisotopic (exact) mass is 196 g/mol. The summed E-state index contributed by atoms with van der Waals surface area (Å²) in [6.07, 6.45) is 0. The molecule has 76 valence electrons. The Bertz CT molecular complexity index is 309. The Labute approximate surface area is 81.8 Å². The second kappa shape index (κ2) is 4.11. The fourth-order valence-corrected chi connectivity index (χ4v) is 0.892. The minimum atomic E-state index is -1.58. The zero-order valence-corrected chi connectivity index (χ0v) is 7.80. The zero-order chi connectivity index (χ0) is 10.6. The number of para-hydroxylation sites is 1. The fraction of sp³-hybridized carbons (Fsp3) is 0.300. The summed E-state index contributed by atoms with van der Waals surface area (Å²) in [5, 5.41) is 17.7. The van der Waals surface area contributed by atoms with Crippen molar-refractivity contribution in [1.82, 2.24) is 0 Å². The molecule has 1 aromatic rings. The number of benzene rings is 1. The maximum atomic E-state index is 10.8. The molecule has 0 bridgehead atoms. The van der Waals surface area contributed by atoms with Crippen LogP contribution in [0.4, 0.5) is 0 Å². The highest BCUT2D eigenvalue weighted by molar-refractivity contribution is 5.77. The Morgan fingerprint density at radius 1 is 1.43 bits per heavy atom. The van der Waals surface area contributed by atoms with Gasteiger partial charge in [0.15, 0.2) is 0 Å². The number of hydrogen-bond donors (Lipinski definition) is 2. The first-order valence-corrected chi connectivity index (χ1v) is 4.17. The third kappa shape index (κ3) is 2.23. The summed E-state index contributed by atoms with van der Waals surface area (Å²) in [5.74, 6) is -0.768. The van der Waals surface area contributed by atoms with E-state index in [9.17, 15) is 4.79 Å². The van der Waals surface area contributed by atoms with Crippen molar-refractivity contribution in [3.8, 4) is 5.75 Å². The molecule has 0 aliphatic carbocycles. The van der Waals surface area contributed by atoms with Crippen LogP contribution in [0.3, 0.4) is 0 Å². The van der Waals surface area contributed by atoms with Crippen molar-refractivity contribution < 1.29 is 19.7 Å². The third-order valence-electron chi connectivity index (χ3n) is 1.84. The lowest BCUT2D eigenvalue weighted by molar-refractivity contribution is -0.157. The Kier molecular flexibility index (Phi) is 3.09. The highest BCUT2D eigenvalue weighted by Gasteiger charge is 2.34. The van der Waals surface area contributed by atoms with E-state index in [0.717, 1.165) is 0 Å². The van der Waals surface area contributed by atoms with Crippen LogP contribution in [0.1, 0.15) is 6.92 Å². The lowest BCUT2D eigenvalue weighted by atomic mass is 10.1. The number of rotatable bonds is 4. The lowest BCUT2D eigenvalue weighted by Gasteiger charge is -2.23. The molecular formula is C10H12O4. The maximum absolute atomic E-state index is 10.8. The molecular weight excluding hydrogens is 184 g/mol. The molecule has 1 rings (SSSR count). The van der Waals surface area contributed by atoms with Crippen LogP contribution in [-0.4, -0.2) is 28.4 Å². The van der Waals surface area contributed by atoms with Crippen molar-refractivity contribution in [3.63, 3.8) is 0 Å². The van der Waals surface area contributed by atoms with Gasteiger partial charge in [-0.25, -0.2) is 4.79 Å². The predicted molar refractivity (Wildman–Crippen MR) is 50.2 cm³/mol. The van der Waals surface area contributed by atoms with Crippen molar-refractivity contribution in [2.45, 2.75) is 12.5 Å². The second-order valence-electron chi connectivity index (χ2n) is 3.11. The van der Waals surface area contributed by atoms with E-state index in [2.05, 4.69) is 0 Å². The summed E-state index contributed by atoms with van der Waals surface area (Å²) >= 11 is 0. The molecule has 0 spiro atoms. The van der Waals surface area contributed by atoms with Crippen LogP contribution in [0, 0.1) is 0 Å². The van der Waals surface area contributed by atoms with E-state index >= 15 is 0 Å². The molecule has 4 heteroatoms. The van der Waals surface area contributed by atoms with Gasteiger partial charge < -0.3 is 14.9 Å². The van der Waals surface area contributed by atoms with Crippen LogP contribution in [0.2, 0.25) is 0 Å². The van der Waals surface area contributed by atoms with Crippen molar-refractivity contribution in [3.05, 3.63) is 30.3 Å². The first-order chi connectivity index (χ1) is 6.58. The van der Waals surface area contributed by atoms with E-state index in [1.807, 2.05) is 0 Å². The average molecular weight is 196 g/mol. The zero-order valence-electron chi connectivity index (χ0n) is 7.80. The normalized spacial score (nSPS) is 14.4. The topological polar surface area (TPSA) is 66.8 Å². The number of carbonyl (C=O) groups is 1. The van der Waals surface area contributed by atoms with Crippen LogP contribution in [-0.2, 0) is 4.79 Å². The Morgan fingerprint density at radius 2 is 2.00 bits per heavy atom. The van der Waals surface area contributed by atoms with Gasteiger partial charge >= 0.3 is 5.97 Å². The molecule has 0 aliphatic heterocycles. The van der Waals surface area contributed by atoms with Crippen LogP contribution in [0.5, 0.6) is 5.75 Å². The summed E-state index contributed by atoms with van der Waals surface area (Å²) in [7, 11) is 0. The number of carboxylic acid groups (broad SMARTS) is 1. The van der Waals surface area contributed by atoms with Gasteiger partial charge in [0.2, 0.25) is 5.60 Å². The molecule has 1 unspecified atom stereocenters. The molecule has 1 atom stereocenters. The van der Waals surface area contributed by atoms with Crippen LogP contribution >= 0.6 is 0 Å². The highest BCUT2D eigenvalue weighted by Crippen LogP contribution is 2.17. The van der Waals surface area contributed by atoms with Crippen LogP contribution in [0.25, 0.3) is 0 Å². The molecule has 0 fully saturated rings. The molecule has 2 N–H and O–H groups in total. The van der Waals surface area contributed by atoms with Gasteiger partial charge in [0.25, 0.3) is 0 Å².